The van der Waals surface area contributed by atoms with Crippen molar-refractivity contribution in [2.24, 2.45) is 0 Å². The molecular formula is C20H23N3O4. The van der Waals surface area contributed by atoms with Crippen molar-refractivity contribution < 1.29 is 18.8 Å². The molecule has 3 rings (SSSR count). The number of hydrogen-bond donors (Lipinski definition) is 2. The highest BCUT2D eigenvalue weighted by atomic mass is 16.3. The van der Waals surface area contributed by atoms with Gasteiger partial charge >= 0.3 is 6.03 Å². The number of anilines is 1. The predicted molar refractivity (Wildman–Crippen MR) is 100 cm³/mol. The molecule has 1 aliphatic heterocycles. The van der Waals surface area contributed by atoms with Gasteiger partial charge in [0.05, 0.1) is 0 Å². The Balaban J connectivity index is 1.78. The van der Waals surface area contributed by atoms with Gasteiger partial charge in [-0.05, 0) is 57.9 Å². The quantitative estimate of drug-likeness (QED) is 0.811. The Morgan fingerprint density at radius 3 is 2.56 bits per heavy atom. The minimum Gasteiger partial charge on any atom is -0.466 e. The number of hydrogen-bond acceptors (Lipinski definition) is 4. The lowest BCUT2D eigenvalue weighted by Gasteiger charge is -2.21. The van der Waals surface area contributed by atoms with Crippen LogP contribution in [0.1, 0.15) is 35.1 Å². The summed E-state index contributed by atoms with van der Waals surface area (Å²) < 4.78 is 5.49. The van der Waals surface area contributed by atoms with Crippen LogP contribution in [0.2, 0.25) is 0 Å². The molecule has 7 heteroatoms. The van der Waals surface area contributed by atoms with Crippen LogP contribution in [0.3, 0.4) is 0 Å². The van der Waals surface area contributed by atoms with Gasteiger partial charge in [0.1, 0.15) is 23.6 Å². The molecule has 27 heavy (non-hydrogen) atoms. The third-order valence-corrected chi connectivity index (χ3v) is 5.04. The Morgan fingerprint density at radius 1 is 1.22 bits per heavy atom. The first-order valence-electron chi connectivity index (χ1n) is 8.71. The molecule has 1 aromatic carbocycles. The lowest BCUT2D eigenvalue weighted by Crippen LogP contribution is -2.42. The molecule has 0 aliphatic carbocycles. The molecule has 1 aromatic heterocycles. The van der Waals surface area contributed by atoms with E-state index in [1.54, 1.807) is 32.9 Å². The van der Waals surface area contributed by atoms with Crippen LogP contribution in [0, 0.1) is 27.7 Å². The third kappa shape index (κ3) is 3.20. The van der Waals surface area contributed by atoms with E-state index in [-0.39, 0.29) is 6.54 Å². The second-order valence-corrected chi connectivity index (χ2v) is 7.07. The van der Waals surface area contributed by atoms with Crippen molar-refractivity contribution in [3.05, 3.63) is 52.5 Å². The Kier molecular flexibility index (Phi) is 4.55. The first-order valence-corrected chi connectivity index (χ1v) is 8.71. The number of carbonyl (C=O) groups excluding carboxylic acids is 3. The zero-order chi connectivity index (χ0) is 19.9. The van der Waals surface area contributed by atoms with Crippen molar-refractivity contribution in [1.29, 1.82) is 0 Å². The number of imide groups is 1. The van der Waals surface area contributed by atoms with Gasteiger partial charge in [0.15, 0.2) is 0 Å². The fraction of sp³-hybridized carbons (Fsp3) is 0.350. The molecule has 0 spiro atoms. The summed E-state index contributed by atoms with van der Waals surface area (Å²) in [5, 5.41) is 5.46. The minimum atomic E-state index is -1.25. The van der Waals surface area contributed by atoms with Crippen molar-refractivity contribution in [2.75, 3.05) is 11.9 Å². The van der Waals surface area contributed by atoms with Crippen molar-refractivity contribution in [3.63, 3.8) is 0 Å². The third-order valence-electron chi connectivity index (χ3n) is 5.04. The Labute approximate surface area is 157 Å². The summed E-state index contributed by atoms with van der Waals surface area (Å²) in [6.45, 7) is 8.62. The summed E-state index contributed by atoms with van der Waals surface area (Å²) in [5.41, 5.74) is 1.99. The number of urea groups is 1. The smallest absolute Gasteiger partial charge is 0.325 e. The van der Waals surface area contributed by atoms with Gasteiger partial charge in [0, 0.05) is 11.3 Å². The van der Waals surface area contributed by atoms with Gasteiger partial charge in [-0.15, -0.1) is 0 Å². The Bertz CT molecular complexity index is 947. The van der Waals surface area contributed by atoms with Crippen LogP contribution < -0.4 is 10.6 Å². The molecule has 142 valence electrons. The molecule has 4 amide bonds. The molecule has 1 aliphatic rings. The number of benzene rings is 1. The Morgan fingerprint density at radius 2 is 1.93 bits per heavy atom. The van der Waals surface area contributed by atoms with Crippen LogP contribution in [0.5, 0.6) is 0 Å². The molecule has 1 atom stereocenters. The highest BCUT2D eigenvalue weighted by molar-refractivity contribution is 6.10. The second-order valence-electron chi connectivity index (χ2n) is 7.07. The van der Waals surface area contributed by atoms with E-state index in [2.05, 4.69) is 10.6 Å². The largest absolute Gasteiger partial charge is 0.466 e. The van der Waals surface area contributed by atoms with E-state index in [4.69, 9.17) is 4.42 Å². The van der Waals surface area contributed by atoms with Crippen LogP contribution in [-0.4, -0.2) is 29.3 Å². The van der Waals surface area contributed by atoms with Gasteiger partial charge in [0.2, 0.25) is 5.91 Å². The monoisotopic (exact) mass is 369 g/mol. The molecule has 2 heterocycles. The number of nitrogens with one attached hydrogen (secondary N) is 2. The topological polar surface area (TPSA) is 91.7 Å². The fourth-order valence-electron chi connectivity index (χ4n) is 3.37. The average Bonchev–Trinajstić information content (AvgIpc) is 3.04. The van der Waals surface area contributed by atoms with Crippen LogP contribution in [0.4, 0.5) is 10.5 Å². The molecular weight excluding hydrogens is 346 g/mol. The fourth-order valence-corrected chi connectivity index (χ4v) is 3.37. The molecule has 0 bridgehead atoms. The predicted octanol–water partition coefficient (Wildman–Crippen LogP) is 2.92. The van der Waals surface area contributed by atoms with E-state index in [0.29, 0.717) is 22.8 Å². The molecule has 0 unspecified atom stereocenters. The molecule has 0 radical (unpaired) electrons. The lowest BCUT2D eigenvalue weighted by atomic mass is 9.92. The minimum absolute atomic E-state index is 0.358. The number of rotatable bonds is 4. The first kappa shape index (κ1) is 18.7. The summed E-state index contributed by atoms with van der Waals surface area (Å²) in [7, 11) is 0. The van der Waals surface area contributed by atoms with Gasteiger partial charge < -0.3 is 15.1 Å². The standard InChI is InChI=1S/C20H23N3O4/c1-11-7-6-8-16(13(11)3)21-17(24)10-23-18(25)20(5,22-19(23)26)15-9-12(2)27-14(15)4/h6-9H,10H2,1-5H3,(H,21,24)(H,22,26)/t20-/m1/s1. The van der Waals surface area contributed by atoms with E-state index in [1.165, 1.54) is 0 Å². The van der Waals surface area contributed by atoms with Crippen LogP contribution >= 0.6 is 0 Å². The number of carbonyl (C=O) groups is 3. The van der Waals surface area contributed by atoms with Crippen molar-refractivity contribution in [2.45, 2.75) is 40.2 Å². The summed E-state index contributed by atoms with van der Waals surface area (Å²) in [5.74, 6) is 0.297. The first-order chi connectivity index (χ1) is 12.6. The summed E-state index contributed by atoms with van der Waals surface area (Å²) in [6.07, 6.45) is 0. The average molecular weight is 369 g/mol. The maximum atomic E-state index is 12.9. The highest BCUT2D eigenvalue weighted by Gasteiger charge is 2.51. The number of amides is 4. The number of furan rings is 1. The van der Waals surface area contributed by atoms with E-state index < -0.39 is 23.4 Å². The molecule has 0 saturated carbocycles. The van der Waals surface area contributed by atoms with E-state index >= 15 is 0 Å². The second kappa shape index (κ2) is 6.57. The Hall–Kier alpha value is -3.09. The van der Waals surface area contributed by atoms with Crippen LogP contribution in [-0.2, 0) is 15.1 Å². The van der Waals surface area contributed by atoms with E-state index in [9.17, 15) is 14.4 Å². The molecule has 2 N–H and O–H groups in total. The zero-order valence-corrected chi connectivity index (χ0v) is 16.1. The van der Waals surface area contributed by atoms with E-state index in [1.807, 2.05) is 26.0 Å². The van der Waals surface area contributed by atoms with Gasteiger partial charge in [-0.1, -0.05) is 12.1 Å². The molecule has 2 aromatic rings. The van der Waals surface area contributed by atoms with Gasteiger partial charge in [-0.2, -0.15) is 0 Å². The van der Waals surface area contributed by atoms with Crippen LogP contribution in [0.15, 0.2) is 28.7 Å². The molecule has 7 nitrogen and oxygen atoms in total. The van der Waals surface area contributed by atoms with Gasteiger partial charge in [-0.3, -0.25) is 14.5 Å². The SMILES string of the molecule is Cc1cc([C@@]2(C)NC(=O)N(CC(=O)Nc3cccc(C)c3C)C2=O)c(C)o1. The normalized spacial score (nSPS) is 19.4. The molecule has 1 fully saturated rings. The summed E-state index contributed by atoms with van der Waals surface area (Å²) >= 11 is 0. The maximum Gasteiger partial charge on any atom is 0.325 e. The summed E-state index contributed by atoms with van der Waals surface area (Å²) in [4.78, 5) is 38.7. The van der Waals surface area contributed by atoms with Crippen molar-refractivity contribution in [1.82, 2.24) is 10.2 Å². The number of aryl methyl sites for hydroxylation is 3. The summed E-state index contributed by atoms with van der Waals surface area (Å²) in [6, 6.07) is 6.70. The lowest BCUT2D eigenvalue weighted by molar-refractivity contribution is -0.133. The number of nitrogens with zero attached hydrogens (tertiary/aromatic N) is 1. The van der Waals surface area contributed by atoms with Gasteiger partial charge in [-0.25, -0.2) is 4.79 Å². The van der Waals surface area contributed by atoms with Crippen molar-refractivity contribution >= 4 is 23.5 Å². The zero-order valence-electron chi connectivity index (χ0n) is 16.1. The van der Waals surface area contributed by atoms with E-state index in [0.717, 1.165) is 16.0 Å². The molecule has 1 saturated heterocycles. The van der Waals surface area contributed by atoms with Gasteiger partial charge in [0.25, 0.3) is 5.91 Å². The highest BCUT2D eigenvalue weighted by Crippen LogP contribution is 2.32. The maximum absolute atomic E-state index is 12.9. The van der Waals surface area contributed by atoms with Crippen molar-refractivity contribution in [3.8, 4) is 0 Å². The van der Waals surface area contributed by atoms with Crippen LogP contribution in [0.25, 0.3) is 0 Å².